The van der Waals surface area contributed by atoms with E-state index < -0.39 is 0 Å². The molecule has 0 aliphatic heterocycles. The quantitative estimate of drug-likeness (QED) is 0.673. The molecule has 0 fully saturated rings. The van der Waals surface area contributed by atoms with Gasteiger partial charge in [-0.1, -0.05) is 0 Å². The first-order valence-corrected chi connectivity index (χ1v) is 3.79. The number of nitrogens with one attached hydrogen (secondary N) is 1. The van der Waals surface area contributed by atoms with Crippen molar-refractivity contribution in [3.8, 4) is 11.4 Å². The highest BCUT2D eigenvalue weighted by atomic mass is 16.1. The van der Waals surface area contributed by atoms with Crippen LogP contribution in [0.25, 0.3) is 11.4 Å². The maximum absolute atomic E-state index is 11.3. The first-order chi connectivity index (χ1) is 6.29. The van der Waals surface area contributed by atoms with Gasteiger partial charge in [-0.25, -0.2) is 9.97 Å². The normalized spacial score (nSPS) is 10.2. The van der Waals surface area contributed by atoms with Crippen LogP contribution in [0.5, 0.6) is 0 Å². The molecule has 0 aromatic carbocycles. The van der Waals surface area contributed by atoms with E-state index in [4.69, 9.17) is 0 Å². The first kappa shape index (κ1) is 7.72. The predicted molar refractivity (Wildman–Crippen MR) is 47.1 cm³/mol. The van der Waals surface area contributed by atoms with Crippen LogP contribution in [0.3, 0.4) is 0 Å². The monoisotopic (exact) mass is 176 g/mol. The molecule has 1 N–H and O–H groups in total. The molecule has 2 rings (SSSR count). The number of aromatic nitrogens is 4. The number of imidazole rings is 1. The molecule has 0 aliphatic rings. The van der Waals surface area contributed by atoms with Crippen molar-refractivity contribution in [2.24, 2.45) is 7.05 Å². The smallest absolute Gasteiger partial charge is 0.276 e. The second kappa shape index (κ2) is 2.85. The lowest BCUT2D eigenvalue weighted by Crippen LogP contribution is -2.11. The second-order valence-corrected chi connectivity index (χ2v) is 2.66. The molecule has 2 aromatic rings. The predicted octanol–water partition coefficient (Wildman–Crippen LogP) is 0.170. The standard InChI is InChI=1S/C8H8N4O/c1-12-5-9-4-6(12)7-8(13)11-3-2-10-7/h2-5H,1H3,(H,11,13). The van der Waals surface area contributed by atoms with E-state index >= 15 is 0 Å². The van der Waals surface area contributed by atoms with Gasteiger partial charge in [-0.15, -0.1) is 0 Å². The van der Waals surface area contributed by atoms with Crippen LogP contribution < -0.4 is 5.56 Å². The Morgan fingerprint density at radius 1 is 1.54 bits per heavy atom. The van der Waals surface area contributed by atoms with Crippen LogP contribution in [0.1, 0.15) is 0 Å². The van der Waals surface area contributed by atoms with Gasteiger partial charge in [-0.05, 0) is 0 Å². The van der Waals surface area contributed by atoms with E-state index in [1.165, 1.54) is 6.20 Å². The molecular weight excluding hydrogens is 168 g/mol. The Balaban J connectivity index is 2.66. The summed E-state index contributed by atoms with van der Waals surface area (Å²) in [5.41, 5.74) is 0.899. The highest BCUT2D eigenvalue weighted by Crippen LogP contribution is 2.08. The maximum Gasteiger partial charge on any atom is 0.276 e. The lowest BCUT2D eigenvalue weighted by Gasteiger charge is -1.98. The van der Waals surface area contributed by atoms with E-state index in [2.05, 4.69) is 15.0 Å². The molecule has 0 saturated carbocycles. The molecule has 0 atom stereocenters. The average molecular weight is 176 g/mol. The third-order valence-electron chi connectivity index (χ3n) is 1.77. The molecule has 13 heavy (non-hydrogen) atoms. The summed E-state index contributed by atoms with van der Waals surface area (Å²) in [5.74, 6) is 0. The molecule has 0 saturated heterocycles. The molecule has 0 radical (unpaired) electrons. The van der Waals surface area contributed by atoms with Crippen molar-refractivity contribution in [2.75, 3.05) is 0 Å². The Kier molecular flexibility index (Phi) is 1.70. The van der Waals surface area contributed by atoms with Crippen molar-refractivity contribution < 1.29 is 0 Å². The topological polar surface area (TPSA) is 63.6 Å². The SMILES string of the molecule is Cn1cncc1-c1ncc[nH]c1=O. The van der Waals surface area contributed by atoms with E-state index in [0.29, 0.717) is 11.4 Å². The van der Waals surface area contributed by atoms with Gasteiger partial charge < -0.3 is 9.55 Å². The van der Waals surface area contributed by atoms with Gasteiger partial charge in [0.1, 0.15) is 0 Å². The number of H-pyrrole nitrogens is 1. The van der Waals surface area contributed by atoms with Crippen LogP contribution in [-0.4, -0.2) is 19.5 Å². The third-order valence-corrected chi connectivity index (χ3v) is 1.77. The summed E-state index contributed by atoms with van der Waals surface area (Å²) in [6.07, 6.45) is 6.28. The van der Waals surface area contributed by atoms with Crippen LogP contribution >= 0.6 is 0 Å². The number of nitrogens with zero attached hydrogens (tertiary/aromatic N) is 3. The van der Waals surface area contributed by atoms with E-state index in [0.717, 1.165) is 0 Å². The molecule has 2 aromatic heterocycles. The minimum atomic E-state index is -0.203. The Bertz CT molecular complexity index is 471. The van der Waals surface area contributed by atoms with Crippen molar-refractivity contribution in [3.05, 3.63) is 35.3 Å². The second-order valence-electron chi connectivity index (χ2n) is 2.66. The van der Waals surface area contributed by atoms with Crippen LogP contribution in [0, 0.1) is 0 Å². The lowest BCUT2D eigenvalue weighted by molar-refractivity contribution is 0.911. The molecule has 5 nitrogen and oxygen atoms in total. The summed E-state index contributed by atoms with van der Waals surface area (Å²) in [4.78, 5) is 21.8. The fourth-order valence-electron chi connectivity index (χ4n) is 1.12. The molecular formula is C8H8N4O. The fraction of sp³-hybridized carbons (Fsp3) is 0.125. The summed E-state index contributed by atoms with van der Waals surface area (Å²) >= 11 is 0. The van der Waals surface area contributed by atoms with Crippen molar-refractivity contribution in [3.63, 3.8) is 0 Å². The summed E-state index contributed by atoms with van der Waals surface area (Å²) in [7, 11) is 1.82. The van der Waals surface area contributed by atoms with E-state index in [9.17, 15) is 4.79 Å². The lowest BCUT2D eigenvalue weighted by atomic mass is 10.3. The number of aryl methyl sites for hydroxylation is 1. The van der Waals surface area contributed by atoms with Crippen molar-refractivity contribution in [1.82, 2.24) is 19.5 Å². The van der Waals surface area contributed by atoms with Crippen LogP contribution in [0.2, 0.25) is 0 Å². The minimum absolute atomic E-state index is 0.203. The van der Waals surface area contributed by atoms with E-state index in [1.54, 1.807) is 23.3 Å². The highest BCUT2D eigenvalue weighted by molar-refractivity contribution is 5.51. The van der Waals surface area contributed by atoms with Gasteiger partial charge in [0.2, 0.25) is 0 Å². The highest BCUT2D eigenvalue weighted by Gasteiger charge is 2.06. The third kappa shape index (κ3) is 1.24. The van der Waals surface area contributed by atoms with Gasteiger partial charge in [-0.2, -0.15) is 0 Å². The Morgan fingerprint density at radius 2 is 2.38 bits per heavy atom. The van der Waals surface area contributed by atoms with Crippen LogP contribution in [-0.2, 0) is 7.05 Å². The number of aromatic amines is 1. The molecule has 0 bridgehead atoms. The van der Waals surface area contributed by atoms with Crippen LogP contribution in [0.15, 0.2) is 29.7 Å². The Labute approximate surface area is 74.1 Å². The summed E-state index contributed by atoms with van der Waals surface area (Å²) in [6, 6.07) is 0. The van der Waals surface area contributed by atoms with Crippen molar-refractivity contribution in [1.29, 1.82) is 0 Å². The Morgan fingerprint density at radius 3 is 3.00 bits per heavy atom. The summed E-state index contributed by atoms with van der Waals surface area (Å²) < 4.78 is 1.75. The summed E-state index contributed by atoms with van der Waals surface area (Å²) in [6.45, 7) is 0. The number of hydrogen-bond donors (Lipinski definition) is 1. The molecule has 0 aliphatic carbocycles. The van der Waals surface area contributed by atoms with Gasteiger partial charge in [0.05, 0.1) is 18.2 Å². The molecule has 0 spiro atoms. The minimum Gasteiger partial charge on any atom is -0.332 e. The summed E-state index contributed by atoms with van der Waals surface area (Å²) in [5, 5.41) is 0. The molecule has 2 heterocycles. The Hall–Kier alpha value is -1.91. The van der Waals surface area contributed by atoms with Gasteiger partial charge in [-0.3, -0.25) is 4.79 Å². The molecule has 0 unspecified atom stereocenters. The average Bonchev–Trinajstić information content (AvgIpc) is 2.52. The van der Waals surface area contributed by atoms with Crippen molar-refractivity contribution in [2.45, 2.75) is 0 Å². The van der Waals surface area contributed by atoms with Gasteiger partial charge in [0.15, 0.2) is 5.69 Å². The molecule has 0 amide bonds. The molecule has 66 valence electrons. The molecule has 5 heteroatoms. The zero-order valence-electron chi connectivity index (χ0n) is 7.06. The van der Waals surface area contributed by atoms with E-state index in [-0.39, 0.29) is 5.56 Å². The van der Waals surface area contributed by atoms with Gasteiger partial charge >= 0.3 is 0 Å². The first-order valence-electron chi connectivity index (χ1n) is 3.79. The number of hydrogen-bond acceptors (Lipinski definition) is 3. The van der Waals surface area contributed by atoms with Crippen molar-refractivity contribution >= 4 is 0 Å². The van der Waals surface area contributed by atoms with Crippen LogP contribution in [0.4, 0.5) is 0 Å². The zero-order chi connectivity index (χ0) is 9.26. The maximum atomic E-state index is 11.3. The number of rotatable bonds is 1. The van der Waals surface area contributed by atoms with E-state index in [1.807, 2.05) is 7.05 Å². The van der Waals surface area contributed by atoms with Gasteiger partial charge in [0, 0.05) is 19.4 Å². The largest absolute Gasteiger partial charge is 0.332 e. The fourth-order valence-corrected chi connectivity index (χ4v) is 1.12. The van der Waals surface area contributed by atoms with Gasteiger partial charge in [0.25, 0.3) is 5.56 Å². The zero-order valence-corrected chi connectivity index (χ0v) is 7.06.